The minimum absolute atomic E-state index is 0.0592. The highest BCUT2D eigenvalue weighted by Gasteiger charge is 2.30. The van der Waals surface area contributed by atoms with E-state index in [9.17, 15) is 12.8 Å². The van der Waals surface area contributed by atoms with Crippen LogP contribution in [-0.2, 0) is 10.0 Å². The van der Waals surface area contributed by atoms with Crippen molar-refractivity contribution in [3.63, 3.8) is 0 Å². The van der Waals surface area contributed by atoms with E-state index >= 15 is 0 Å². The molecule has 18 heavy (non-hydrogen) atoms. The van der Waals surface area contributed by atoms with Crippen molar-refractivity contribution in [2.24, 2.45) is 0 Å². The number of sulfonamides is 1. The van der Waals surface area contributed by atoms with Crippen LogP contribution in [-0.4, -0.2) is 38.4 Å². The molecular weight excluding hydrogens is 279 g/mol. The van der Waals surface area contributed by atoms with Crippen LogP contribution >= 0.6 is 11.6 Å². The topological polar surface area (TPSA) is 49.4 Å². The second kappa shape index (κ2) is 5.13. The summed E-state index contributed by atoms with van der Waals surface area (Å²) >= 11 is 5.62. The average Bonchev–Trinajstić information content (AvgIpc) is 2.28. The van der Waals surface area contributed by atoms with Gasteiger partial charge in [0.15, 0.2) is 0 Å². The molecule has 0 spiro atoms. The summed E-state index contributed by atoms with van der Waals surface area (Å²) in [6.45, 7) is 3.13. The van der Waals surface area contributed by atoms with Crippen molar-refractivity contribution in [3.05, 3.63) is 29.0 Å². The minimum atomic E-state index is -3.78. The molecule has 4 nitrogen and oxygen atoms in total. The molecule has 0 radical (unpaired) electrons. The Morgan fingerprint density at radius 2 is 2.22 bits per heavy atom. The van der Waals surface area contributed by atoms with Crippen LogP contribution in [0.3, 0.4) is 0 Å². The van der Waals surface area contributed by atoms with Crippen molar-refractivity contribution in [1.82, 2.24) is 9.62 Å². The number of benzene rings is 1. The lowest BCUT2D eigenvalue weighted by Crippen LogP contribution is -2.51. The molecule has 1 saturated heterocycles. The van der Waals surface area contributed by atoms with Gasteiger partial charge in [0.2, 0.25) is 10.0 Å². The molecular formula is C11H14ClFN2O2S. The highest BCUT2D eigenvalue weighted by molar-refractivity contribution is 7.89. The Balaban J connectivity index is 2.35. The minimum Gasteiger partial charge on any atom is -0.312 e. The van der Waals surface area contributed by atoms with Gasteiger partial charge < -0.3 is 5.32 Å². The number of halogens is 2. The van der Waals surface area contributed by atoms with Crippen molar-refractivity contribution in [3.8, 4) is 0 Å². The van der Waals surface area contributed by atoms with Crippen LogP contribution in [0.5, 0.6) is 0 Å². The SMILES string of the molecule is C[C@H]1CN(S(=O)(=O)c2ccc(Cl)cc2F)CCN1. The van der Waals surface area contributed by atoms with E-state index in [0.29, 0.717) is 19.6 Å². The zero-order chi connectivity index (χ0) is 13.3. The van der Waals surface area contributed by atoms with Gasteiger partial charge in [0, 0.05) is 30.7 Å². The van der Waals surface area contributed by atoms with Crippen molar-refractivity contribution >= 4 is 21.6 Å². The highest BCUT2D eigenvalue weighted by atomic mass is 35.5. The monoisotopic (exact) mass is 292 g/mol. The van der Waals surface area contributed by atoms with Gasteiger partial charge in [-0.2, -0.15) is 4.31 Å². The van der Waals surface area contributed by atoms with E-state index in [-0.39, 0.29) is 16.0 Å². The lowest BCUT2D eigenvalue weighted by atomic mass is 10.3. The predicted octanol–water partition coefficient (Wildman–Crippen LogP) is 1.46. The first-order valence-electron chi connectivity index (χ1n) is 5.60. The standard InChI is InChI=1S/C11H14ClFN2O2S/c1-8-7-15(5-4-14-8)18(16,17)11-3-2-9(12)6-10(11)13/h2-3,6,8,14H,4-5,7H2,1H3/t8-/m0/s1. The molecule has 1 atom stereocenters. The summed E-state index contributed by atoms with van der Waals surface area (Å²) in [6.07, 6.45) is 0. The fraction of sp³-hybridized carbons (Fsp3) is 0.455. The summed E-state index contributed by atoms with van der Waals surface area (Å²) in [5.41, 5.74) is 0. The Morgan fingerprint density at radius 3 is 2.83 bits per heavy atom. The number of nitrogens with zero attached hydrogens (tertiary/aromatic N) is 1. The second-order valence-electron chi connectivity index (χ2n) is 4.29. The summed E-state index contributed by atoms with van der Waals surface area (Å²) in [4.78, 5) is -0.319. The molecule has 1 fully saturated rings. The van der Waals surface area contributed by atoms with Crippen molar-refractivity contribution in [2.45, 2.75) is 17.9 Å². The lowest BCUT2D eigenvalue weighted by Gasteiger charge is -2.31. The lowest BCUT2D eigenvalue weighted by molar-refractivity contribution is 0.309. The van der Waals surface area contributed by atoms with Gasteiger partial charge in [0.25, 0.3) is 0 Å². The molecule has 1 aromatic rings. The first kappa shape index (κ1) is 13.7. The summed E-state index contributed by atoms with van der Waals surface area (Å²) in [5, 5.41) is 3.32. The van der Waals surface area contributed by atoms with Crippen LogP contribution in [0.25, 0.3) is 0 Å². The van der Waals surface area contributed by atoms with Crippen LogP contribution in [0.2, 0.25) is 5.02 Å². The third kappa shape index (κ3) is 2.66. The molecule has 7 heteroatoms. The summed E-state index contributed by atoms with van der Waals surface area (Å²) in [5.74, 6) is -0.811. The first-order valence-corrected chi connectivity index (χ1v) is 7.41. The molecule has 0 saturated carbocycles. The summed E-state index contributed by atoms with van der Waals surface area (Å²) in [7, 11) is -3.78. The molecule has 0 aliphatic carbocycles. The van der Waals surface area contributed by atoms with Crippen LogP contribution in [0.1, 0.15) is 6.92 Å². The Morgan fingerprint density at radius 1 is 1.50 bits per heavy atom. The van der Waals surface area contributed by atoms with Crippen LogP contribution in [0.15, 0.2) is 23.1 Å². The zero-order valence-electron chi connectivity index (χ0n) is 9.86. The Hall–Kier alpha value is -0.690. The van der Waals surface area contributed by atoms with E-state index < -0.39 is 15.8 Å². The maximum atomic E-state index is 13.7. The highest BCUT2D eigenvalue weighted by Crippen LogP contribution is 2.23. The first-order chi connectivity index (χ1) is 8.41. The number of hydrogen-bond donors (Lipinski definition) is 1. The molecule has 1 heterocycles. The normalized spacial score (nSPS) is 22.1. The van der Waals surface area contributed by atoms with Crippen molar-refractivity contribution < 1.29 is 12.8 Å². The Labute approximate surface area is 111 Å². The third-order valence-corrected chi connectivity index (χ3v) is 4.98. The smallest absolute Gasteiger partial charge is 0.246 e. The third-order valence-electron chi connectivity index (χ3n) is 2.84. The van der Waals surface area contributed by atoms with E-state index in [2.05, 4.69) is 5.32 Å². The molecule has 1 N–H and O–H groups in total. The van der Waals surface area contributed by atoms with E-state index in [4.69, 9.17) is 11.6 Å². The van der Waals surface area contributed by atoms with Gasteiger partial charge in [-0.1, -0.05) is 11.6 Å². The van der Waals surface area contributed by atoms with Crippen molar-refractivity contribution in [1.29, 1.82) is 0 Å². The number of hydrogen-bond acceptors (Lipinski definition) is 3. The molecule has 1 aliphatic rings. The maximum absolute atomic E-state index is 13.7. The summed E-state index contributed by atoms with van der Waals surface area (Å²) in [6, 6.07) is 3.66. The van der Waals surface area contributed by atoms with Gasteiger partial charge in [-0.3, -0.25) is 0 Å². The largest absolute Gasteiger partial charge is 0.312 e. The van der Waals surface area contributed by atoms with E-state index in [1.165, 1.54) is 16.4 Å². The van der Waals surface area contributed by atoms with E-state index in [1.54, 1.807) is 0 Å². The fourth-order valence-corrected chi connectivity index (χ4v) is 3.67. The molecule has 2 rings (SSSR count). The summed E-state index contributed by atoms with van der Waals surface area (Å²) < 4.78 is 39.5. The van der Waals surface area contributed by atoms with Gasteiger partial charge in [0.1, 0.15) is 10.7 Å². The molecule has 1 aromatic carbocycles. The number of nitrogens with one attached hydrogen (secondary N) is 1. The zero-order valence-corrected chi connectivity index (χ0v) is 11.4. The Bertz CT molecular complexity index is 550. The molecule has 0 bridgehead atoms. The van der Waals surface area contributed by atoms with Gasteiger partial charge >= 0.3 is 0 Å². The molecule has 0 unspecified atom stereocenters. The van der Waals surface area contributed by atoms with Crippen LogP contribution in [0, 0.1) is 5.82 Å². The number of rotatable bonds is 2. The second-order valence-corrected chi connectivity index (χ2v) is 6.64. The van der Waals surface area contributed by atoms with E-state index in [0.717, 1.165) is 6.07 Å². The van der Waals surface area contributed by atoms with Crippen LogP contribution < -0.4 is 5.32 Å². The van der Waals surface area contributed by atoms with Crippen LogP contribution in [0.4, 0.5) is 4.39 Å². The van der Waals surface area contributed by atoms with Gasteiger partial charge in [-0.15, -0.1) is 0 Å². The average molecular weight is 293 g/mol. The fourth-order valence-electron chi connectivity index (χ4n) is 1.94. The van der Waals surface area contributed by atoms with E-state index in [1.807, 2.05) is 6.92 Å². The predicted molar refractivity (Wildman–Crippen MR) is 67.6 cm³/mol. The quantitative estimate of drug-likeness (QED) is 0.898. The number of piperazine rings is 1. The van der Waals surface area contributed by atoms with Crippen molar-refractivity contribution in [2.75, 3.05) is 19.6 Å². The maximum Gasteiger partial charge on any atom is 0.246 e. The molecule has 100 valence electrons. The van der Waals surface area contributed by atoms with Gasteiger partial charge in [-0.25, -0.2) is 12.8 Å². The molecule has 1 aliphatic heterocycles. The molecule has 0 amide bonds. The van der Waals surface area contributed by atoms with Gasteiger partial charge in [0.05, 0.1) is 0 Å². The molecule has 0 aromatic heterocycles. The Kier molecular flexibility index (Phi) is 3.91. The van der Waals surface area contributed by atoms with Gasteiger partial charge in [-0.05, 0) is 25.1 Å².